The van der Waals surface area contributed by atoms with E-state index < -0.39 is 17.7 Å². The molecular formula is C17H18O4. The monoisotopic (exact) mass is 286 g/mol. The molecule has 0 radical (unpaired) electrons. The Bertz CT molecular complexity index is 600. The van der Waals surface area contributed by atoms with Crippen LogP contribution in [0, 0.1) is 5.92 Å². The lowest BCUT2D eigenvalue weighted by molar-refractivity contribution is -0.125. The van der Waals surface area contributed by atoms with E-state index in [1.54, 1.807) is 37.3 Å². The van der Waals surface area contributed by atoms with E-state index in [1.165, 1.54) is 0 Å². The molecule has 2 aliphatic carbocycles. The topological polar surface area (TPSA) is 63.6 Å². The number of ketones is 1. The van der Waals surface area contributed by atoms with Crippen LogP contribution in [0.2, 0.25) is 0 Å². The molecule has 0 aromatic heterocycles. The number of fused-ring (bicyclic) bond motifs is 1. The minimum Gasteiger partial charge on any atom is -0.456 e. The second-order valence-corrected chi connectivity index (χ2v) is 5.97. The molecule has 4 nitrogen and oxygen atoms in total. The molecule has 0 unspecified atom stereocenters. The van der Waals surface area contributed by atoms with E-state index in [-0.39, 0.29) is 11.7 Å². The molecule has 3 rings (SSSR count). The molecule has 1 fully saturated rings. The summed E-state index contributed by atoms with van der Waals surface area (Å²) < 4.78 is 5.51. The van der Waals surface area contributed by atoms with Gasteiger partial charge in [0.25, 0.3) is 0 Å². The Labute approximate surface area is 123 Å². The fraction of sp³-hybridized carbons (Fsp3) is 0.412. The van der Waals surface area contributed by atoms with Gasteiger partial charge in [-0.1, -0.05) is 23.8 Å². The maximum atomic E-state index is 12.1. The van der Waals surface area contributed by atoms with Crippen LogP contribution in [0.1, 0.15) is 36.5 Å². The normalized spacial score (nSPS) is 31.5. The van der Waals surface area contributed by atoms with E-state index in [0.29, 0.717) is 24.8 Å². The largest absolute Gasteiger partial charge is 0.456 e. The summed E-state index contributed by atoms with van der Waals surface area (Å²) in [5.41, 5.74) is 0.259. The number of benzene rings is 1. The molecule has 4 heteroatoms. The molecule has 1 aromatic rings. The molecular weight excluding hydrogens is 268 g/mol. The smallest absolute Gasteiger partial charge is 0.338 e. The van der Waals surface area contributed by atoms with Gasteiger partial charge in [0.1, 0.15) is 11.7 Å². The third kappa shape index (κ3) is 2.51. The second-order valence-electron chi connectivity index (χ2n) is 5.97. The Balaban J connectivity index is 1.76. The summed E-state index contributed by atoms with van der Waals surface area (Å²) >= 11 is 0. The van der Waals surface area contributed by atoms with E-state index in [2.05, 4.69) is 0 Å². The average Bonchev–Trinajstić information content (AvgIpc) is 2.85. The van der Waals surface area contributed by atoms with Crippen LogP contribution < -0.4 is 0 Å². The van der Waals surface area contributed by atoms with Crippen LogP contribution >= 0.6 is 0 Å². The number of hydrogen-bond donors (Lipinski definition) is 1. The van der Waals surface area contributed by atoms with Gasteiger partial charge in [-0.3, -0.25) is 4.79 Å². The number of aliphatic hydroxyl groups is 1. The second kappa shape index (κ2) is 5.11. The molecule has 1 aromatic carbocycles. The van der Waals surface area contributed by atoms with E-state index >= 15 is 0 Å². The van der Waals surface area contributed by atoms with Gasteiger partial charge in [-0.15, -0.1) is 0 Å². The van der Waals surface area contributed by atoms with Gasteiger partial charge < -0.3 is 9.84 Å². The van der Waals surface area contributed by atoms with Crippen LogP contribution in [-0.4, -0.2) is 28.6 Å². The quantitative estimate of drug-likeness (QED) is 0.847. The molecule has 110 valence electrons. The first-order valence-corrected chi connectivity index (χ1v) is 7.20. The molecule has 1 saturated carbocycles. The zero-order chi connectivity index (χ0) is 15.0. The average molecular weight is 286 g/mol. The zero-order valence-corrected chi connectivity index (χ0v) is 11.9. The van der Waals surface area contributed by atoms with Gasteiger partial charge in [-0.2, -0.15) is 0 Å². The third-order valence-corrected chi connectivity index (χ3v) is 4.51. The summed E-state index contributed by atoms with van der Waals surface area (Å²) in [6.07, 6.45) is 2.59. The van der Waals surface area contributed by atoms with Crippen LogP contribution in [0.5, 0.6) is 0 Å². The number of carbonyl (C=O) groups is 2. The van der Waals surface area contributed by atoms with Crippen LogP contribution in [0.15, 0.2) is 42.0 Å². The fourth-order valence-electron chi connectivity index (χ4n) is 3.29. The Kier molecular flexibility index (Phi) is 3.41. The summed E-state index contributed by atoms with van der Waals surface area (Å²) in [4.78, 5) is 23.7. The molecule has 21 heavy (non-hydrogen) atoms. The lowest BCUT2D eigenvalue weighted by Crippen LogP contribution is -2.51. The highest BCUT2D eigenvalue weighted by Gasteiger charge is 2.49. The van der Waals surface area contributed by atoms with Crippen molar-refractivity contribution < 1.29 is 19.4 Å². The summed E-state index contributed by atoms with van der Waals surface area (Å²) in [5, 5.41) is 10.7. The predicted octanol–water partition coefficient (Wildman–Crippen LogP) is 2.27. The van der Waals surface area contributed by atoms with Crippen molar-refractivity contribution in [1.82, 2.24) is 0 Å². The molecule has 0 saturated heterocycles. The standard InChI is InChI=1S/C17H18O4/c1-17(20)14-10-13(18)9-12(14)7-8-15(17)21-16(19)11-5-3-2-4-6-11/h2-6,9,14-15,20H,7-8,10H2,1H3/t14-,15+,17+/m1/s1. The maximum Gasteiger partial charge on any atom is 0.338 e. The maximum absolute atomic E-state index is 12.1. The van der Waals surface area contributed by atoms with Gasteiger partial charge in [0.05, 0.1) is 5.56 Å². The number of rotatable bonds is 2. The summed E-state index contributed by atoms with van der Waals surface area (Å²) in [6.45, 7) is 1.66. The van der Waals surface area contributed by atoms with Crippen molar-refractivity contribution in [3.05, 3.63) is 47.5 Å². The zero-order valence-electron chi connectivity index (χ0n) is 11.9. The van der Waals surface area contributed by atoms with Gasteiger partial charge >= 0.3 is 5.97 Å². The van der Waals surface area contributed by atoms with Crippen LogP contribution in [0.3, 0.4) is 0 Å². The van der Waals surface area contributed by atoms with E-state index in [9.17, 15) is 14.7 Å². The number of ether oxygens (including phenoxy) is 1. The van der Waals surface area contributed by atoms with Crippen molar-refractivity contribution in [2.75, 3.05) is 0 Å². The lowest BCUT2D eigenvalue weighted by atomic mass is 9.72. The van der Waals surface area contributed by atoms with Crippen LogP contribution in [0.4, 0.5) is 0 Å². The summed E-state index contributed by atoms with van der Waals surface area (Å²) in [7, 11) is 0. The Morgan fingerprint density at radius 3 is 2.76 bits per heavy atom. The van der Waals surface area contributed by atoms with Crippen molar-refractivity contribution in [3.63, 3.8) is 0 Å². The molecule has 3 atom stereocenters. The fourth-order valence-corrected chi connectivity index (χ4v) is 3.29. The molecule has 0 amide bonds. The van der Waals surface area contributed by atoms with Gasteiger partial charge in [-0.05, 0) is 38.0 Å². The number of esters is 1. The minimum absolute atomic E-state index is 0.0466. The van der Waals surface area contributed by atoms with E-state index in [4.69, 9.17) is 4.74 Å². The molecule has 0 bridgehead atoms. The van der Waals surface area contributed by atoms with Crippen LogP contribution in [-0.2, 0) is 9.53 Å². The van der Waals surface area contributed by atoms with Crippen molar-refractivity contribution in [2.45, 2.75) is 37.9 Å². The number of allylic oxidation sites excluding steroid dienone is 1. The molecule has 0 heterocycles. The molecule has 0 spiro atoms. The highest BCUT2D eigenvalue weighted by molar-refractivity contribution is 5.94. The Morgan fingerprint density at radius 1 is 1.33 bits per heavy atom. The van der Waals surface area contributed by atoms with E-state index in [1.807, 2.05) is 6.07 Å². The van der Waals surface area contributed by atoms with Crippen molar-refractivity contribution >= 4 is 11.8 Å². The Morgan fingerprint density at radius 2 is 2.05 bits per heavy atom. The highest BCUT2D eigenvalue weighted by atomic mass is 16.6. The van der Waals surface area contributed by atoms with Gasteiger partial charge in [0.15, 0.2) is 5.78 Å². The lowest BCUT2D eigenvalue weighted by Gasteiger charge is -2.42. The first-order chi connectivity index (χ1) is 9.98. The molecule has 0 aliphatic heterocycles. The summed E-state index contributed by atoms with van der Waals surface area (Å²) in [6, 6.07) is 8.74. The van der Waals surface area contributed by atoms with Crippen molar-refractivity contribution in [1.29, 1.82) is 0 Å². The first-order valence-electron chi connectivity index (χ1n) is 7.20. The minimum atomic E-state index is -1.19. The number of hydrogen-bond acceptors (Lipinski definition) is 4. The van der Waals surface area contributed by atoms with Gasteiger partial charge in [0.2, 0.25) is 0 Å². The van der Waals surface area contributed by atoms with Crippen molar-refractivity contribution in [3.8, 4) is 0 Å². The van der Waals surface area contributed by atoms with Gasteiger partial charge in [0, 0.05) is 12.3 Å². The first kappa shape index (κ1) is 14.0. The predicted molar refractivity (Wildman–Crippen MR) is 76.7 cm³/mol. The third-order valence-electron chi connectivity index (χ3n) is 4.51. The molecule has 2 aliphatic rings. The van der Waals surface area contributed by atoms with Crippen molar-refractivity contribution in [2.24, 2.45) is 5.92 Å². The highest BCUT2D eigenvalue weighted by Crippen LogP contribution is 2.44. The van der Waals surface area contributed by atoms with Crippen LogP contribution in [0.25, 0.3) is 0 Å². The number of carbonyl (C=O) groups excluding carboxylic acids is 2. The Hall–Kier alpha value is -1.94. The molecule has 1 N–H and O–H groups in total. The summed E-state index contributed by atoms with van der Waals surface area (Å²) in [5.74, 6) is -0.615. The SMILES string of the molecule is C[C@@]1(O)[C@@H](OC(=O)c2ccccc2)CCC2=CC(=O)C[C@H]21. The van der Waals surface area contributed by atoms with E-state index in [0.717, 1.165) is 5.57 Å². The van der Waals surface area contributed by atoms with Gasteiger partial charge in [-0.25, -0.2) is 4.79 Å².